The molecule has 1 aliphatic heterocycles. The molecule has 13 heteroatoms. The highest BCUT2D eigenvalue weighted by Gasteiger charge is 2.37. The van der Waals surface area contributed by atoms with Crippen LogP contribution >= 0.6 is 22.7 Å². The van der Waals surface area contributed by atoms with Crippen LogP contribution < -0.4 is 15.4 Å². The molecular weight excluding hydrogens is 536 g/mol. The van der Waals surface area contributed by atoms with Crippen LogP contribution in [0, 0.1) is 11.1 Å². The summed E-state index contributed by atoms with van der Waals surface area (Å²) in [7, 11) is -4.19. The molecule has 0 spiro atoms. The van der Waals surface area contributed by atoms with Crippen molar-refractivity contribution in [3.8, 4) is 0 Å². The van der Waals surface area contributed by atoms with Gasteiger partial charge >= 0.3 is 15.0 Å². The number of nitrogens with zero attached hydrogens (tertiary/aromatic N) is 2. The Hall–Kier alpha value is -2.87. The molecule has 10 nitrogen and oxygen atoms in total. The van der Waals surface area contributed by atoms with Gasteiger partial charge in [0.2, 0.25) is 5.91 Å². The first-order valence-corrected chi connectivity index (χ1v) is 15.0. The number of sulfonamides is 1. The molecule has 37 heavy (non-hydrogen) atoms. The quantitative estimate of drug-likeness (QED) is 0.318. The summed E-state index contributed by atoms with van der Waals surface area (Å²) in [5, 5.41) is 19.0. The molecule has 3 aromatic rings. The molecule has 0 aromatic carbocycles. The lowest BCUT2D eigenvalue weighted by atomic mass is 10.0. The Bertz CT molecular complexity index is 1390. The maximum absolute atomic E-state index is 13.2. The molecule has 2 N–H and O–H groups in total. The molecule has 1 aliphatic rings. The van der Waals surface area contributed by atoms with Gasteiger partial charge in [-0.25, -0.2) is 8.42 Å². The smallest absolute Gasteiger partial charge is 0.323 e. The number of hydrogen-bond acceptors (Lipinski definition) is 8. The Labute approximate surface area is 222 Å². The number of rotatable bonds is 8. The largest absolute Gasteiger partial charge is 0.618 e. The van der Waals surface area contributed by atoms with E-state index >= 15 is 0 Å². The van der Waals surface area contributed by atoms with Crippen LogP contribution in [0.1, 0.15) is 42.8 Å². The van der Waals surface area contributed by atoms with Gasteiger partial charge in [0, 0.05) is 28.1 Å². The lowest BCUT2D eigenvalue weighted by molar-refractivity contribution is -0.646. The Kier molecular flexibility index (Phi) is 8.26. The van der Waals surface area contributed by atoms with Gasteiger partial charge in [-0.1, -0.05) is 13.8 Å². The number of Topliss-reactive ketones (excluding diaryl/α,β-unsaturated/α-hetero) is 1. The second-order valence-electron chi connectivity index (χ2n) is 9.29. The maximum Gasteiger partial charge on any atom is 0.323 e. The highest BCUT2D eigenvalue weighted by atomic mass is 32.2. The summed E-state index contributed by atoms with van der Waals surface area (Å²) in [5.41, 5.74) is 0. The van der Waals surface area contributed by atoms with Gasteiger partial charge in [0.05, 0.1) is 17.5 Å². The van der Waals surface area contributed by atoms with Crippen LogP contribution in [-0.4, -0.2) is 55.5 Å². The Morgan fingerprint density at radius 3 is 2.73 bits per heavy atom. The molecule has 1 saturated heterocycles. The average Bonchev–Trinajstić information content (AvgIpc) is 3.39. The van der Waals surface area contributed by atoms with Crippen LogP contribution in [0.4, 0.5) is 0 Å². The Morgan fingerprint density at radius 1 is 1.24 bits per heavy atom. The monoisotopic (exact) mass is 564 g/mol. The number of nitrogens with one attached hydrogen (secondary N) is 2. The topological polar surface area (TPSA) is 140 Å². The number of ketones is 1. The van der Waals surface area contributed by atoms with Gasteiger partial charge in [0.1, 0.15) is 6.04 Å². The van der Waals surface area contributed by atoms with Crippen molar-refractivity contribution in [2.45, 2.75) is 50.2 Å². The van der Waals surface area contributed by atoms with Crippen molar-refractivity contribution in [3.05, 3.63) is 52.0 Å². The number of thiophene rings is 2. The van der Waals surface area contributed by atoms with Crippen LogP contribution in [0.5, 0.6) is 0 Å². The van der Waals surface area contributed by atoms with Gasteiger partial charge in [-0.15, -0.1) is 22.7 Å². The molecule has 0 aliphatic carbocycles. The van der Waals surface area contributed by atoms with Gasteiger partial charge in [-0.3, -0.25) is 14.4 Å². The van der Waals surface area contributed by atoms with Gasteiger partial charge < -0.3 is 15.8 Å². The molecule has 198 valence electrons. The van der Waals surface area contributed by atoms with E-state index in [4.69, 9.17) is 0 Å². The van der Waals surface area contributed by atoms with E-state index in [2.05, 4.69) is 10.6 Å². The summed E-state index contributed by atoms with van der Waals surface area (Å²) in [4.78, 5) is 39.6. The second kappa shape index (κ2) is 11.3. The molecule has 4 rings (SSSR count). The predicted octanol–water partition coefficient (Wildman–Crippen LogP) is 2.28. The summed E-state index contributed by atoms with van der Waals surface area (Å²) in [6.45, 7) is 3.43. The fourth-order valence-corrected chi connectivity index (χ4v) is 7.66. The van der Waals surface area contributed by atoms with Gasteiger partial charge in [-0.05, 0) is 48.8 Å². The zero-order chi connectivity index (χ0) is 26.7. The van der Waals surface area contributed by atoms with E-state index in [0.717, 1.165) is 19.9 Å². The third-order valence-corrected chi connectivity index (χ3v) is 9.95. The molecule has 0 saturated carbocycles. The van der Waals surface area contributed by atoms with Crippen molar-refractivity contribution in [3.63, 3.8) is 0 Å². The fourth-order valence-electron chi connectivity index (χ4n) is 4.18. The van der Waals surface area contributed by atoms with Crippen LogP contribution in [0.15, 0.2) is 46.9 Å². The standard InChI is InChI=1S/C24H28N4O6S3/c1-15(2)12-17(26-24(31)21-13-20-19(36-21)8-11-35-20)23(30)25-16-6-5-9-27(14-18(16)29)37(33,34)22-7-3-4-10-28(22)32/h3-4,7-8,10-11,13,15-17H,5-6,9,12,14H2,1-2H3,(H,25,30)(H,26,31). The Morgan fingerprint density at radius 2 is 2.03 bits per heavy atom. The number of fused-ring (bicyclic) bond motifs is 1. The van der Waals surface area contributed by atoms with Gasteiger partial charge in [0.15, 0.2) is 12.0 Å². The van der Waals surface area contributed by atoms with Gasteiger partial charge in [-0.2, -0.15) is 9.04 Å². The minimum atomic E-state index is -4.19. The minimum Gasteiger partial charge on any atom is -0.618 e. The van der Waals surface area contributed by atoms with E-state index in [0.29, 0.717) is 17.7 Å². The van der Waals surface area contributed by atoms with Crippen molar-refractivity contribution in [1.82, 2.24) is 14.9 Å². The van der Waals surface area contributed by atoms with Crippen LogP contribution in [-0.2, 0) is 19.6 Å². The molecule has 2 amide bonds. The zero-order valence-electron chi connectivity index (χ0n) is 20.4. The van der Waals surface area contributed by atoms with Crippen molar-refractivity contribution in [2.75, 3.05) is 13.1 Å². The third-order valence-electron chi connectivity index (χ3n) is 6.02. The molecule has 3 aromatic heterocycles. The highest BCUT2D eigenvalue weighted by molar-refractivity contribution is 7.89. The van der Waals surface area contributed by atoms with E-state index in [1.54, 1.807) is 6.07 Å². The second-order valence-corrected chi connectivity index (χ2v) is 13.2. The number of carbonyl (C=O) groups excluding carboxylic acids is 3. The summed E-state index contributed by atoms with van der Waals surface area (Å²) in [5.74, 6) is -1.23. The lowest BCUT2D eigenvalue weighted by Gasteiger charge is -2.23. The van der Waals surface area contributed by atoms with E-state index in [1.165, 1.54) is 40.9 Å². The number of pyridine rings is 1. The number of carbonyl (C=O) groups is 3. The van der Waals surface area contributed by atoms with E-state index in [-0.39, 0.29) is 29.5 Å². The highest BCUT2D eigenvalue weighted by Crippen LogP contribution is 2.30. The first-order valence-electron chi connectivity index (χ1n) is 11.9. The maximum atomic E-state index is 13.2. The van der Waals surface area contributed by atoms with Crippen molar-refractivity contribution in [2.24, 2.45) is 5.92 Å². The van der Waals surface area contributed by atoms with E-state index < -0.39 is 45.4 Å². The van der Waals surface area contributed by atoms with Gasteiger partial charge in [0.25, 0.3) is 5.91 Å². The van der Waals surface area contributed by atoms with Crippen molar-refractivity contribution < 1.29 is 27.5 Å². The first-order chi connectivity index (χ1) is 17.6. The molecule has 1 fully saturated rings. The summed E-state index contributed by atoms with van der Waals surface area (Å²) >= 11 is 2.89. The lowest BCUT2D eigenvalue weighted by Crippen LogP contribution is -2.52. The molecule has 2 unspecified atom stereocenters. The molecule has 0 radical (unpaired) electrons. The average molecular weight is 565 g/mol. The van der Waals surface area contributed by atoms with Crippen LogP contribution in [0.25, 0.3) is 9.40 Å². The van der Waals surface area contributed by atoms with E-state index in [1.807, 2.05) is 25.3 Å². The molecule has 4 heterocycles. The third kappa shape index (κ3) is 6.17. The summed E-state index contributed by atoms with van der Waals surface area (Å²) < 4.78 is 29.2. The molecule has 0 bridgehead atoms. The Balaban J connectivity index is 1.44. The molecular formula is C24H28N4O6S3. The van der Waals surface area contributed by atoms with Crippen LogP contribution in [0.2, 0.25) is 0 Å². The van der Waals surface area contributed by atoms with Crippen molar-refractivity contribution >= 4 is 59.7 Å². The number of hydrogen-bond donors (Lipinski definition) is 2. The minimum absolute atomic E-state index is 0.0387. The predicted molar refractivity (Wildman–Crippen MR) is 141 cm³/mol. The fraction of sp³-hybridized carbons (Fsp3) is 0.417. The van der Waals surface area contributed by atoms with E-state index in [9.17, 15) is 28.0 Å². The zero-order valence-corrected chi connectivity index (χ0v) is 22.8. The number of aromatic nitrogens is 1. The summed E-state index contributed by atoms with van der Waals surface area (Å²) in [6.07, 6.45) is 2.01. The first kappa shape index (κ1) is 27.2. The van der Waals surface area contributed by atoms with Crippen LogP contribution in [0.3, 0.4) is 0 Å². The molecule has 2 atom stereocenters. The van der Waals surface area contributed by atoms with Crippen molar-refractivity contribution in [1.29, 1.82) is 0 Å². The summed E-state index contributed by atoms with van der Waals surface area (Å²) in [6, 6.07) is 6.02. The number of amides is 2. The normalized spacial score (nSPS) is 18.0. The SMILES string of the molecule is CC(C)CC(NC(=O)c1cc2sccc2s1)C(=O)NC1CCCN(S(=O)(=O)c2cccc[n+]2[O-])CC1=O.